The quantitative estimate of drug-likeness (QED) is 0.575. The Morgan fingerprint density at radius 3 is 2.54 bits per heavy atom. The minimum Gasteiger partial charge on any atom is -0.296 e. The molecular formula is C16H13BrN4O3S2. The summed E-state index contributed by atoms with van der Waals surface area (Å²) in [7, 11) is -3.89. The van der Waals surface area contributed by atoms with Crippen LogP contribution in [-0.2, 0) is 10.0 Å². The highest BCUT2D eigenvalue weighted by Gasteiger charge is 2.21. The van der Waals surface area contributed by atoms with Gasteiger partial charge in [-0.1, -0.05) is 45.5 Å². The molecule has 0 saturated heterocycles. The largest absolute Gasteiger partial charge is 0.296 e. The Kier molecular flexibility index (Phi) is 5.35. The van der Waals surface area contributed by atoms with Gasteiger partial charge in [0.1, 0.15) is 0 Å². The Hall–Kier alpha value is -2.30. The third-order valence-electron chi connectivity index (χ3n) is 3.30. The molecule has 1 heterocycles. The van der Waals surface area contributed by atoms with Crippen molar-refractivity contribution in [2.24, 2.45) is 0 Å². The lowest BCUT2D eigenvalue weighted by Crippen LogP contribution is -2.12. The van der Waals surface area contributed by atoms with Gasteiger partial charge in [0, 0.05) is 15.7 Å². The normalized spacial score (nSPS) is 11.2. The zero-order chi connectivity index (χ0) is 18.7. The van der Waals surface area contributed by atoms with Crippen molar-refractivity contribution in [3.8, 4) is 0 Å². The molecule has 0 saturated carbocycles. The van der Waals surface area contributed by atoms with Crippen LogP contribution in [0.1, 0.15) is 15.9 Å². The van der Waals surface area contributed by atoms with E-state index in [1.54, 1.807) is 48.5 Å². The molecule has 0 atom stereocenters. The second kappa shape index (κ2) is 7.52. The smallest absolute Gasteiger partial charge is 0.291 e. The second-order valence-electron chi connectivity index (χ2n) is 5.26. The molecule has 3 rings (SSSR count). The fourth-order valence-corrected chi connectivity index (χ4v) is 4.23. The third kappa shape index (κ3) is 4.26. The molecule has 2 N–H and O–H groups in total. The van der Waals surface area contributed by atoms with Gasteiger partial charge in [-0.25, -0.2) is 0 Å². The van der Waals surface area contributed by atoms with Crippen LogP contribution >= 0.6 is 27.3 Å². The van der Waals surface area contributed by atoms with E-state index in [1.807, 2.05) is 6.92 Å². The fourth-order valence-electron chi connectivity index (χ4n) is 2.03. The van der Waals surface area contributed by atoms with Crippen LogP contribution < -0.4 is 10.0 Å². The number of amides is 1. The maximum absolute atomic E-state index is 12.4. The molecule has 7 nitrogen and oxygen atoms in total. The number of nitrogens with zero attached hydrogens (tertiary/aromatic N) is 2. The third-order valence-corrected chi connectivity index (χ3v) is 6.78. The molecule has 10 heteroatoms. The molecule has 134 valence electrons. The highest BCUT2D eigenvalue weighted by Crippen LogP contribution is 2.25. The molecule has 2 aromatic carbocycles. The number of sulfonamides is 1. The van der Waals surface area contributed by atoms with Gasteiger partial charge in [-0.3, -0.25) is 14.8 Å². The molecule has 0 unspecified atom stereocenters. The number of carbonyl (C=O) groups is 1. The van der Waals surface area contributed by atoms with Gasteiger partial charge in [-0.2, -0.15) is 8.42 Å². The van der Waals surface area contributed by atoms with Crippen LogP contribution in [-0.4, -0.2) is 24.5 Å². The van der Waals surface area contributed by atoms with E-state index in [0.29, 0.717) is 11.3 Å². The molecule has 1 amide bonds. The Bertz CT molecular complexity index is 1050. The summed E-state index contributed by atoms with van der Waals surface area (Å²) in [6, 6.07) is 13.6. The summed E-state index contributed by atoms with van der Waals surface area (Å²) in [5.41, 5.74) is 1.74. The summed E-state index contributed by atoms with van der Waals surface area (Å²) >= 11 is 4.14. The summed E-state index contributed by atoms with van der Waals surface area (Å²) in [6.07, 6.45) is 0. The molecule has 1 aromatic heterocycles. The molecule has 26 heavy (non-hydrogen) atoms. The SMILES string of the molecule is Cc1cc(NS(=O)(=O)c2nnc(NC(=O)c3ccccc3)s2)ccc1Br. The van der Waals surface area contributed by atoms with Crippen LogP contribution in [0.2, 0.25) is 0 Å². The first kappa shape index (κ1) is 18.5. The predicted molar refractivity (Wildman–Crippen MR) is 104 cm³/mol. The molecule has 0 aliphatic carbocycles. The number of benzene rings is 2. The van der Waals surface area contributed by atoms with Crippen molar-refractivity contribution >= 4 is 54.0 Å². The number of carbonyl (C=O) groups excluding carboxylic acids is 1. The van der Waals surface area contributed by atoms with Crippen LogP contribution in [0.25, 0.3) is 0 Å². The lowest BCUT2D eigenvalue weighted by atomic mass is 10.2. The summed E-state index contributed by atoms with van der Waals surface area (Å²) in [4.78, 5) is 12.1. The number of nitrogens with one attached hydrogen (secondary N) is 2. The lowest BCUT2D eigenvalue weighted by molar-refractivity contribution is 0.102. The van der Waals surface area contributed by atoms with Gasteiger partial charge < -0.3 is 0 Å². The minimum atomic E-state index is -3.89. The van der Waals surface area contributed by atoms with Crippen molar-refractivity contribution in [2.75, 3.05) is 10.0 Å². The van der Waals surface area contributed by atoms with Crippen molar-refractivity contribution in [1.82, 2.24) is 10.2 Å². The van der Waals surface area contributed by atoms with Gasteiger partial charge in [0.15, 0.2) is 0 Å². The van der Waals surface area contributed by atoms with Gasteiger partial charge >= 0.3 is 0 Å². The maximum atomic E-state index is 12.4. The number of rotatable bonds is 5. The zero-order valence-electron chi connectivity index (χ0n) is 13.4. The van der Waals surface area contributed by atoms with Crippen molar-refractivity contribution < 1.29 is 13.2 Å². The number of hydrogen-bond acceptors (Lipinski definition) is 6. The standard InChI is InChI=1S/C16H13BrN4O3S2/c1-10-9-12(7-8-13(10)17)21-26(23,24)16-20-19-15(25-16)18-14(22)11-5-3-2-4-6-11/h2-9,21H,1H3,(H,18,19,22). The van der Waals surface area contributed by atoms with Crippen molar-refractivity contribution in [3.05, 3.63) is 64.1 Å². The number of anilines is 2. The first-order valence-corrected chi connectivity index (χ1v) is 10.4. The van der Waals surface area contributed by atoms with Crippen LogP contribution in [0, 0.1) is 6.92 Å². The average molecular weight is 453 g/mol. The number of halogens is 1. The summed E-state index contributed by atoms with van der Waals surface area (Å²) in [6.45, 7) is 1.85. The Morgan fingerprint density at radius 1 is 1.12 bits per heavy atom. The second-order valence-corrected chi connectivity index (χ2v) is 8.95. The van der Waals surface area contributed by atoms with E-state index in [0.717, 1.165) is 21.4 Å². The lowest BCUT2D eigenvalue weighted by Gasteiger charge is -2.06. The molecule has 0 spiro atoms. The summed E-state index contributed by atoms with van der Waals surface area (Å²) in [5, 5.41) is 10.0. The zero-order valence-corrected chi connectivity index (χ0v) is 16.7. The number of aryl methyl sites for hydroxylation is 1. The van der Waals surface area contributed by atoms with E-state index in [4.69, 9.17) is 0 Å². The average Bonchev–Trinajstić information content (AvgIpc) is 3.08. The molecule has 0 radical (unpaired) electrons. The Labute approximate surface area is 162 Å². The van der Waals surface area contributed by atoms with E-state index in [1.165, 1.54) is 0 Å². The summed E-state index contributed by atoms with van der Waals surface area (Å²) < 4.78 is 28.0. The minimum absolute atomic E-state index is 0.103. The Morgan fingerprint density at radius 2 is 1.85 bits per heavy atom. The van der Waals surface area contributed by atoms with Crippen LogP contribution in [0.5, 0.6) is 0 Å². The molecular weight excluding hydrogens is 440 g/mol. The number of hydrogen-bond donors (Lipinski definition) is 2. The molecule has 0 aliphatic heterocycles. The fraction of sp³-hybridized carbons (Fsp3) is 0.0625. The number of aromatic nitrogens is 2. The molecule has 3 aromatic rings. The van der Waals surface area contributed by atoms with Crippen LogP contribution in [0.4, 0.5) is 10.8 Å². The molecule has 0 aliphatic rings. The van der Waals surface area contributed by atoms with Gasteiger partial charge in [-0.15, -0.1) is 10.2 Å². The predicted octanol–water partition coefficient (Wildman–Crippen LogP) is 3.66. The highest BCUT2D eigenvalue weighted by atomic mass is 79.9. The monoisotopic (exact) mass is 452 g/mol. The maximum Gasteiger partial charge on any atom is 0.291 e. The van der Waals surface area contributed by atoms with Gasteiger partial charge in [0.25, 0.3) is 20.3 Å². The first-order chi connectivity index (χ1) is 12.3. The van der Waals surface area contributed by atoms with Gasteiger partial charge in [0.2, 0.25) is 5.13 Å². The molecule has 0 fully saturated rings. The van der Waals surface area contributed by atoms with E-state index >= 15 is 0 Å². The van der Waals surface area contributed by atoms with E-state index in [-0.39, 0.29) is 15.4 Å². The van der Waals surface area contributed by atoms with E-state index in [9.17, 15) is 13.2 Å². The summed E-state index contributed by atoms with van der Waals surface area (Å²) in [5.74, 6) is -0.387. The first-order valence-electron chi connectivity index (χ1n) is 7.34. The highest BCUT2D eigenvalue weighted by molar-refractivity contribution is 9.10. The van der Waals surface area contributed by atoms with Crippen LogP contribution in [0.3, 0.4) is 0 Å². The Balaban J connectivity index is 1.75. The van der Waals surface area contributed by atoms with Gasteiger partial charge in [-0.05, 0) is 42.8 Å². The van der Waals surface area contributed by atoms with Crippen molar-refractivity contribution in [3.63, 3.8) is 0 Å². The van der Waals surface area contributed by atoms with E-state index in [2.05, 4.69) is 36.2 Å². The van der Waals surface area contributed by atoms with Crippen molar-refractivity contribution in [1.29, 1.82) is 0 Å². The van der Waals surface area contributed by atoms with E-state index < -0.39 is 10.0 Å². The van der Waals surface area contributed by atoms with Crippen molar-refractivity contribution in [2.45, 2.75) is 11.3 Å². The van der Waals surface area contributed by atoms with Crippen LogP contribution in [0.15, 0.2) is 57.3 Å². The van der Waals surface area contributed by atoms with Gasteiger partial charge in [0.05, 0.1) is 0 Å². The molecule has 0 bridgehead atoms. The topological polar surface area (TPSA) is 101 Å².